The van der Waals surface area contributed by atoms with Gasteiger partial charge in [-0.15, -0.1) is 0 Å². The van der Waals surface area contributed by atoms with Crippen molar-refractivity contribution in [1.82, 2.24) is 14.6 Å². The van der Waals surface area contributed by atoms with Gasteiger partial charge in [-0.1, -0.05) is 20.8 Å². The fourth-order valence-corrected chi connectivity index (χ4v) is 2.83. The number of fused-ring (bicyclic) bond motifs is 1. The third kappa shape index (κ3) is 2.64. The summed E-state index contributed by atoms with van der Waals surface area (Å²) in [5.41, 5.74) is 2.09. The normalized spacial score (nSPS) is 20.0. The highest BCUT2D eigenvalue weighted by Gasteiger charge is 2.24. The van der Waals surface area contributed by atoms with Crippen LogP contribution in [-0.2, 0) is 10.2 Å². The van der Waals surface area contributed by atoms with Gasteiger partial charge in [0.05, 0.1) is 5.69 Å². The Kier molecular flexibility index (Phi) is 3.43. The van der Waals surface area contributed by atoms with Gasteiger partial charge in [-0.25, -0.2) is 9.50 Å². The number of anilines is 1. The maximum Gasteiger partial charge on any atom is 0.154 e. The highest BCUT2D eigenvalue weighted by Crippen LogP contribution is 2.28. The standard InChI is InChI=1S/C16H22N4O/c1-16(2,3)14-9-13-15(17-6-8-20(13)18-14)19-7-4-5-12(10-19)11-21/h6,8-9,11-12H,4-5,7,10H2,1-3H3. The van der Waals surface area contributed by atoms with Crippen LogP contribution in [0.2, 0.25) is 0 Å². The summed E-state index contributed by atoms with van der Waals surface area (Å²) in [6, 6.07) is 2.12. The molecule has 21 heavy (non-hydrogen) atoms. The molecule has 0 amide bonds. The lowest BCUT2D eigenvalue weighted by molar-refractivity contribution is -0.111. The first kappa shape index (κ1) is 14.0. The Labute approximate surface area is 125 Å². The van der Waals surface area contributed by atoms with Crippen molar-refractivity contribution in [3.05, 3.63) is 24.2 Å². The number of aldehydes is 1. The van der Waals surface area contributed by atoms with Crippen LogP contribution in [-0.4, -0.2) is 34.0 Å². The summed E-state index contributed by atoms with van der Waals surface area (Å²) >= 11 is 0. The Morgan fingerprint density at radius 2 is 2.19 bits per heavy atom. The third-order valence-electron chi connectivity index (χ3n) is 4.09. The minimum absolute atomic E-state index is 0.0104. The summed E-state index contributed by atoms with van der Waals surface area (Å²) in [5.74, 6) is 1.05. The largest absolute Gasteiger partial charge is 0.354 e. The van der Waals surface area contributed by atoms with Crippen molar-refractivity contribution in [2.75, 3.05) is 18.0 Å². The van der Waals surface area contributed by atoms with E-state index in [0.29, 0.717) is 0 Å². The van der Waals surface area contributed by atoms with E-state index in [-0.39, 0.29) is 11.3 Å². The number of piperidine rings is 1. The van der Waals surface area contributed by atoms with Gasteiger partial charge in [0.15, 0.2) is 5.82 Å². The zero-order chi connectivity index (χ0) is 15.0. The number of nitrogens with zero attached hydrogens (tertiary/aromatic N) is 4. The number of carbonyl (C=O) groups is 1. The van der Waals surface area contributed by atoms with Crippen molar-refractivity contribution in [1.29, 1.82) is 0 Å². The lowest BCUT2D eigenvalue weighted by Crippen LogP contribution is -2.36. The molecule has 1 fully saturated rings. The maximum absolute atomic E-state index is 11.1. The molecule has 2 aromatic rings. The first-order chi connectivity index (χ1) is 9.99. The van der Waals surface area contributed by atoms with Crippen molar-refractivity contribution in [3.63, 3.8) is 0 Å². The van der Waals surface area contributed by atoms with Gasteiger partial charge < -0.3 is 9.69 Å². The van der Waals surface area contributed by atoms with Crippen molar-refractivity contribution in [2.24, 2.45) is 5.92 Å². The lowest BCUT2D eigenvalue weighted by atomic mass is 9.92. The van der Waals surface area contributed by atoms with Crippen LogP contribution in [0.5, 0.6) is 0 Å². The van der Waals surface area contributed by atoms with Crippen LogP contribution in [0.1, 0.15) is 39.3 Å². The van der Waals surface area contributed by atoms with Gasteiger partial charge in [0.25, 0.3) is 0 Å². The molecule has 0 saturated carbocycles. The molecule has 1 aliphatic rings. The highest BCUT2D eigenvalue weighted by molar-refractivity contribution is 5.70. The second kappa shape index (κ2) is 5.13. The Morgan fingerprint density at radius 1 is 1.38 bits per heavy atom. The van der Waals surface area contributed by atoms with E-state index in [9.17, 15) is 4.79 Å². The molecule has 0 radical (unpaired) electrons. The van der Waals surface area contributed by atoms with Gasteiger partial charge in [0.2, 0.25) is 0 Å². The van der Waals surface area contributed by atoms with Crippen LogP contribution in [0.3, 0.4) is 0 Å². The molecular weight excluding hydrogens is 264 g/mol. The molecule has 0 N–H and O–H groups in total. The maximum atomic E-state index is 11.1. The average molecular weight is 286 g/mol. The van der Waals surface area contributed by atoms with Crippen LogP contribution < -0.4 is 4.90 Å². The van der Waals surface area contributed by atoms with Gasteiger partial charge in [0, 0.05) is 36.8 Å². The summed E-state index contributed by atoms with van der Waals surface area (Å²) in [7, 11) is 0. The van der Waals surface area contributed by atoms with Crippen molar-refractivity contribution >= 4 is 17.6 Å². The Morgan fingerprint density at radius 3 is 2.90 bits per heavy atom. The number of aromatic nitrogens is 3. The first-order valence-corrected chi connectivity index (χ1v) is 7.54. The topological polar surface area (TPSA) is 50.5 Å². The van der Waals surface area contributed by atoms with Gasteiger partial charge in [-0.05, 0) is 18.9 Å². The van der Waals surface area contributed by atoms with E-state index in [1.54, 1.807) is 6.20 Å². The van der Waals surface area contributed by atoms with E-state index in [4.69, 9.17) is 0 Å². The molecule has 1 saturated heterocycles. The predicted molar refractivity (Wildman–Crippen MR) is 82.7 cm³/mol. The quantitative estimate of drug-likeness (QED) is 0.796. The predicted octanol–water partition coefficient (Wildman–Crippen LogP) is 2.44. The smallest absolute Gasteiger partial charge is 0.154 e. The van der Waals surface area contributed by atoms with Gasteiger partial charge in [-0.2, -0.15) is 5.10 Å². The molecule has 1 unspecified atom stereocenters. The molecule has 5 heteroatoms. The molecule has 2 aromatic heterocycles. The SMILES string of the molecule is CC(C)(C)c1cc2c(N3CCCC(C=O)C3)nccn2n1. The van der Waals surface area contributed by atoms with Crippen molar-refractivity contribution in [2.45, 2.75) is 39.0 Å². The van der Waals surface area contributed by atoms with Crippen LogP contribution in [0, 0.1) is 5.92 Å². The number of rotatable bonds is 2. The lowest BCUT2D eigenvalue weighted by Gasteiger charge is -2.31. The zero-order valence-electron chi connectivity index (χ0n) is 12.9. The molecule has 1 aliphatic heterocycles. The van der Waals surface area contributed by atoms with Crippen molar-refractivity contribution < 1.29 is 4.79 Å². The zero-order valence-corrected chi connectivity index (χ0v) is 12.9. The number of hydrogen-bond donors (Lipinski definition) is 0. The molecule has 5 nitrogen and oxygen atoms in total. The molecule has 1 atom stereocenters. The van der Waals surface area contributed by atoms with E-state index >= 15 is 0 Å². The summed E-state index contributed by atoms with van der Waals surface area (Å²) in [6.07, 6.45) is 6.76. The fourth-order valence-electron chi connectivity index (χ4n) is 2.83. The van der Waals surface area contributed by atoms with Gasteiger partial charge in [-0.3, -0.25) is 0 Å². The highest BCUT2D eigenvalue weighted by atomic mass is 16.1. The number of hydrogen-bond acceptors (Lipinski definition) is 4. The van der Waals surface area contributed by atoms with Crippen LogP contribution in [0.25, 0.3) is 5.52 Å². The minimum Gasteiger partial charge on any atom is -0.354 e. The Bertz CT molecular complexity index is 656. The molecular formula is C16H22N4O. The Hall–Kier alpha value is -1.91. The second-order valence-electron chi connectivity index (χ2n) is 6.84. The average Bonchev–Trinajstić information content (AvgIpc) is 2.91. The summed E-state index contributed by atoms with van der Waals surface area (Å²) < 4.78 is 1.90. The monoisotopic (exact) mass is 286 g/mol. The molecule has 112 valence electrons. The molecule has 3 rings (SSSR count). The van der Waals surface area contributed by atoms with E-state index in [0.717, 1.165) is 49.2 Å². The summed E-state index contributed by atoms with van der Waals surface area (Å²) in [5, 5.41) is 4.66. The molecule has 0 aromatic carbocycles. The van der Waals surface area contributed by atoms with Crippen LogP contribution in [0.15, 0.2) is 18.5 Å². The van der Waals surface area contributed by atoms with Crippen LogP contribution in [0.4, 0.5) is 5.82 Å². The minimum atomic E-state index is 0.0104. The molecule has 0 spiro atoms. The summed E-state index contributed by atoms with van der Waals surface area (Å²) in [4.78, 5) is 17.8. The van der Waals surface area contributed by atoms with E-state index < -0.39 is 0 Å². The second-order valence-corrected chi connectivity index (χ2v) is 6.84. The van der Waals surface area contributed by atoms with Crippen LogP contribution >= 0.6 is 0 Å². The Balaban J connectivity index is 2.02. The van der Waals surface area contributed by atoms with Crippen molar-refractivity contribution in [3.8, 4) is 0 Å². The third-order valence-corrected chi connectivity index (χ3v) is 4.09. The molecule has 0 bridgehead atoms. The summed E-state index contributed by atoms with van der Waals surface area (Å²) in [6.45, 7) is 8.18. The first-order valence-electron chi connectivity index (χ1n) is 7.54. The van der Waals surface area contributed by atoms with Gasteiger partial charge in [0.1, 0.15) is 11.8 Å². The van der Waals surface area contributed by atoms with E-state index in [1.165, 1.54) is 0 Å². The number of carbonyl (C=O) groups excluding carboxylic acids is 1. The molecule has 3 heterocycles. The van der Waals surface area contributed by atoms with E-state index in [2.05, 4.69) is 41.8 Å². The molecule has 0 aliphatic carbocycles. The van der Waals surface area contributed by atoms with Gasteiger partial charge >= 0.3 is 0 Å². The fraction of sp³-hybridized carbons (Fsp3) is 0.562. The van der Waals surface area contributed by atoms with E-state index in [1.807, 2.05) is 10.7 Å².